The molecule has 2 rings (SSSR count). The average Bonchev–Trinajstić information content (AvgIpc) is 2.61. The van der Waals surface area contributed by atoms with Crippen LogP contribution in [0.25, 0.3) is 0 Å². The molecule has 2 N–H and O–H groups in total. The molecule has 2 aromatic rings. The SMILES string of the molecule is Cc1ccc(S(=O)(=O)N(C)C)cc1NCC(=O)Nc1ccc(C#N)cc1. The van der Waals surface area contributed by atoms with Crippen molar-refractivity contribution in [2.75, 3.05) is 31.3 Å². The zero-order valence-electron chi connectivity index (χ0n) is 14.8. The quantitative estimate of drug-likeness (QED) is 0.809. The second-order valence-electron chi connectivity index (χ2n) is 5.86. The molecule has 7 nitrogen and oxygen atoms in total. The van der Waals surface area contributed by atoms with E-state index in [1.807, 2.05) is 13.0 Å². The van der Waals surface area contributed by atoms with E-state index in [0.29, 0.717) is 16.9 Å². The van der Waals surface area contributed by atoms with Crippen LogP contribution in [0.3, 0.4) is 0 Å². The van der Waals surface area contributed by atoms with Gasteiger partial charge in [0.1, 0.15) is 0 Å². The van der Waals surface area contributed by atoms with Crippen LogP contribution in [-0.2, 0) is 14.8 Å². The lowest BCUT2D eigenvalue weighted by molar-refractivity contribution is -0.114. The number of aryl methyl sites for hydroxylation is 1. The summed E-state index contributed by atoms with van der Waals surface area (Å²) < 4.78 is 25.6. The van der Waals surface area contributed by atoms with Gasteiger partial charge in [0.25, 0.3) is 0 Å². The maximum Gasteiger partial charge on any atom is 0.243 e. The molecule has 0 aliphatic carbocycles. The van der Waals surface area contributed by atoms with Gasteiger partial charge in [0, 0.05) is 25.5 Å². The zero-order valence-corrected chi connectivity index (χ0v) is 15.6. The van der Waals surface area contributed by atoms with E-state index in [2.05, 4.69) is 10.6 Å². The highest BCUT2D eigenvalue weighted by atomic mass is 32.2. The topological polar surface area (TPSA) is 102 Å². The Kier molecular flexibility index (Phi) is 5.97. The van der Waals surface area contributed by atoms with E-state index >= 15 is 0 Å². The van der Waals surface area contributed by atoms with Crippen LogP contribution in [0.4, 0.5) is 11.4 Å². The summed E-state index contributed by atoms with van der Waals surface area (Å²) in [4.78, 5) is 12.2. The molecule has 2 aromatic carbocycles. The van der Waals surface area contributed by atoms with E-state index in [-0.39, 0.29) is 17.3 Å². The molecule has 0 aromatic heterocycles. The monoisotopic (exact) mass is 372 g/mol. The minimum absolute atomic E-state index is 0.0215. The van der Waals surface area contributed by atoms with E-state index < -0.39 is 10.0 Å². The van der Waals surface area contributed by atoms with Gasteiger partial charge < -0.3 is 10.6 Å². The average molecular weight is 372 g/mol. The molecule has 0 saturated carbocycles. The van der Waals surface area contributed by atoms with Crippen molar-refractivity contribution < 1.29 is 13.2 Å². The van der Waals surface area contributed by atoms with Crippen molar-refractivity contribution in [2.24, 2.45) is 0 Å². The Morgan fingerprint density at radius 2 is 1.81 bits per heavy atom. The van der Waals surface area contributed by atoms with Gasteiger partial charge in [0.05, 0.1) is 23.1 Å². The lowest BCUT2D eigenvalue weighted by atomic mass is 10.2. The molecule has 0 aliphatic rings. The number of nitrogens with zero attached hydrogens (tertiary/aromatic N) is 2. The van der Waals surface area contributed by atoms with Crippen LogP contribution in [0, 0.1) is 18.3 Å². The minimum Gasteiger partial charge on any atom is -0.376 e. The molecule has 0 atom stereocenters. The molecule has 0 spiro atoms. The van der Waals surface area contributed by atoms with Crippen molar-refractivity contribution in [2.45, 2.75) is 11.8 Å². The highest BCUT2D eigenvalue weighted by Gasteiger charge is 2.18. The highest BCUT2D eigenvalue weighted by molar-refractivity contribution is 7.89. The summed E-state index contributed by atoms with van der Waals surface area (Å²) in [7, 11) is -0.612. The number of hydrogen-bond acceptors (Lipinski definition) is 5. The summed E-state index contributed by atoms with van der Waals surface area (Å²) >= 11 is 0. The first-order valence-corrected chi connectivity index (χ1v) is 9.25. The number of amides is 1. The number of nitrogens with one attached hydrogen (secondary N) is 2. The van der Waals surface area contributed by atoms with Gasteiger partial charge in [0.15, 0.2) is 0 Å². The third kappa shape index (κ3) is 4.59. The summed E-state index contributed by atoms with van der Waals surface area (Å²) in [5.41, 5.74) is 2.49. The fourth-order valence-corrected chi connectivity index (χ4v) is 3.10. The molecular formula is C18H20N4O3S. The Bertz CT molecular complexity index is 945. The minimum atomic E-state index is -3.54. The summed E-state index contributed by atoms with van der Waals surface area (Å²) in [6.45, 7) is 1.80. The number of rotatable bonds is 6. The number of benzene rings is 2. The van der Waals surface area contributed by atoms with Gasteiger partial charge in [-0.25, -0.2) is 12.7 Å². The highest BCUT2D eigenvalue weighted by Crippen LogP contribution is 2.21. The smallest absolute Gasteiger partial charge is 0.243 e. The Balaban J connectivity index is 2.06. The molecular weight excluding hydrogens is 352 g/mol. The van der Waals surface area contributed by atoms with Crippen molar-refractivity contribution in [1.29, 1.82) is 5.26 Å². The maximum atomic E-state index is 12.2. The van der Waals surface area contributed by atoms with Crippen LogP contribution in [-0.4, -0.2) is 39.3 Å². The van der Waals surface area contributed by atoms with Crippen LogP contribution in [0.15, 0.2) is 47.4 Å². The van der Waals surface area contributed by atoms with Crippen LogP contribution in [0.5, 0.6) is 0 Å². The molecule has 0 bridgehead atoms. The van der Waals surface area contributed by atoms with Gasteiger partial charge >= 0.3 is 0 Å². The van der Waals surface area contributed by atoms with Gasteiger partial charge in [-0.3, -0.25) is 4.79 Å². The lowest BCUT2D eigenvalue weighted by Crippen LogP contribution is -2.23. The van der Waals surface area contributed by atoms with Gasteiger partial charge in [-0.1, -0.05) is 6.07 Å². The van der Waals surface area contributed by atoms with E-state index in [4.69, 9.17) is 5.26 Å². The Morgan fingerprint density at radius 1 is 1.15 bits per heavy atom. The number of carbonyl (C=O) groups excluding carboxylic acids is 1. The molecule has 0 fully saturated rings. The largest absolute Gasteiger partial charge is 0.376 e. The van der Waals surface area contributed by atoms with E-state index in [9.17, 15) is 13.2 Å². The van der Waals surface area contributed by atoms with Gasteiger partial charge in [-0.05, 0) is 48.9 Å². The Morgan fingerprint density at radius 3 is 2.38 bits per heavy atom. The number of anilines is 2. The molecule has 136 valence electrons. The van der Waals surface area contributed by atoms with Crippen molar-refractivity contribution in [3.8, 4) is 6.07 Å². The molecule has 0 saturated heterocycles. The first kappa shape index (κ1) is 19.4. The second kappa shape index (κ2) is 7.99. The van der Waals surface area contributed by atoms with Crippen molar-refractivity contribution in [3.63, 3.8) is 0 Å². The standard InChI is InChI=1S/C18H20N4O3S/c1-13-4-9-16(26(24,25)22(2)3)10-17(13)20-12-18(23)21-15-7-5-14(11-19)6-8-15/h4-10,20H,12H2,1-3H3,(H,21,23). The van der Waals surface area contributed by atoms with E-state index in [0.717, 1.165) is 9.87 Å². The first-order chi connectivity index (χ1) is 12.2. The first-order valence-electron chi connectivity index (χ1n) is 7.81. The van der Waals surface area contributed by atoms with Crippen LogP contribution >= 0.6 is 0 Å². The summed E-state index contributed by atoms with van der Waals surface area (Å²) in [6, 6.07) is 13.3. The van der Waals surface area contributed by atoms with Crippen LogP contribution < -0.4 is 10.6 Å². The summed E-state index contributed by atoms with van der Waals surface area (Å²) in [6.07, 6.45) is 0. The Hall–Kier alpha value is -2.89. The normalized spacial score (nSPS) is 11.0. The fraction of sp³-hybridized carbons (Fsp3) is 0.222. The zero-order chi connectivity index (χ0) is 19.3. The predicted octanol–water partition coefficient (Wildman–Crippen LogP) is 2.17. The summed E-state index contributed by atoms with van der Waals surface area (Å²) in [5.74, 6) is -0.282. The number of hydrogen-bond donors (Lipinski definition) is 2. The second-order valence-corrected chi connectivity index (χ2v) is 8.01. The molecule has 0 radical (unpaired) electrons. The van der Waals surface area contributed by atoms with Gasteiger partial charge in [-0.15, -0.1) is 0 Å². The molecule has 0 aliphatic heterocycles. The molecule has 1 amide bonds. The maximum absolute atomic E-state index is 12.2. The number of carbonyl (C=O) groups is 1. The van der Waals surface area contributed by atoms with Gasteiger partial charge in [-0.2, -0.15) is 5.26 Å². The van der Waals surface area contributed by atoms with Crippen molar-refractivity contribution in [3.05, 3.63) is 53.6 Å². The van der Waals surface area contributed by atoms with Crippen molar-refractivity contribution >= 4 is 27.3 Å². The molecule has 8 heteroatoms. The molecule has 0 unspecified atom stereocenters. The van der Waals surface area contributed by atoms with Crippen molar-refractivity contribution in [1.82, 2.24) is 4.31 Å². The van der Waals surface area contributed by atoms with E-state index in [1.165, 1.54) is 26.2 Å². The van der Waals surface area contributed by atoms with Crippen LogP contribution in [0.1, 0.15) is 11.1 Å². The Labute approximate surface area is 153 Å². The van der Waals surface area contributed by atoms with E-state index in [1.54, 1.807) is 30.3 Å². The number of nitriles is 1. The van der Waals surface area contributed by atoms with Gasteiger partial charge in [0.2, 0.25) is 15.9 Å². The lowest BCUT2D eigenvalue weighted by Gasteiger charge is -2.15. The number of sulfonamides is 1. The summed E-state index contributed by atoms with van der Waals surface area (Å²) in [5, 5.41) is 14.4. The molecule has 26 heavy (non-hydrogen) atoms. The molecule has 0 heterocycles. The fourth-order valence-electron chi connectivity index (χ4n) is 2.17. The third-order valence-electron chi connectivity index (χ3n) is 3.72. The third-order valence-corrected chi connectivity index (χ3v) is 5.54. The predicted molar refractivity (Wildman–Crippen MR) is 100 cm³/mol. The van der Waals surface area contributed by atoms with Crippen LogP contribution in [0.2, 0.25) is 0 Å².